The van der Waals surface area contributed by atoms with Gasteiger partial charge in [-0.1, -0.05) is 36.0 Å². The van der Waals surface area contributed by atoms with Crippen molar-refractivity contribution in [1.29, 1.82) is 0 Å². The average molecular weight is 348 g/mol. The highest BCUT2D eigenvalue weighted by atomic mass is 16.1. The van der Waals surface area contributed by atoms with Crippen molar-refractivity contribution in [3.8, 4) is 0 Å². The smallest absolute Gasteiger partial charge is 0.226 e. The van der Waals surface area contributed by atoms with Gasteiger partial charge in [-0.2, -0.15) is 0 Å². The number of Topliss-reactive ketones (excluding diaryl/α,β-unsaturated/α-hetero) is 1. The van der Waals surface area contributed by atoms with Gasteiger partial charge in [0, 0.05) is 32.4 Å². The number of hydrogen-bond donors (Lipinski definition) is 0. The van der Waals surface area contributed by atoms with Gasteiger partial charge in [0.2, 0.25) is 5.96 Å². The van der Waals surface area contributed by atoms with E-state index < -0.39 is 0 Å². The largest absolute Gasteiger partial charge is 0.347 e. The molecule has 0 saturated heterocycles. The Morgan fingerprint density at radius 3 is 2.46 bits per heavy atom. The summed E-state index contributed by atoms with van der Waals surface area (Å²) in [7, 11) is 5.55. The van der Waals surface area contributed by atoms with E-state index in [4.69, 9.17) is 9.98 Å². The molecular formula is C21H24N4O. The fourth-order valence-electron chi connectivity index (χ4n) is 3.39. The van der Waals surface area contributed by atoms with Crippen LogP contribution in [-0.2, 0) is 4.79 Å². The van der Waals surface area contributed by atoms with Crippen LogP contribution in [0, 0.1) is 5.92 Å². The minimum absolute atomic E-state index is 0.0492. The Kier molecular flexibility index (Phi) is 4.72. The van der Waals surface area contributed by atoms with Gasteiger partial charge in [0.15, 0.2) is 5.78 Å². The summed E-state index contributed by atoms with van der Waals surface area (Å²) in [5.74, 6) is 0.310. The molecule has 0 aromatic heterocycles. The van der Waals surface area contributed by atoms with Gasteiger partial charge >= 0.3 is 0 Å². The van der Waals surface area contributed by atoms with Gasteiger partial charge in [0.1, 0.15) is 5.70 Å². The molecule has 0 spiro atoms. The van der Waals surface area contributed by atoms with Gasteiger partial charge < -0.3 is 4.90 Å². The van der Waals surface area contributed by atoms with E-state index >= 15 is 0 Å². The van der Waals surface area contributed by atoms with Crippen molar-refractivity contribution in [2.45, 2.75) is 20.8 Å². The van der Waals surface area contributed by atoms with Crippen LogP contribution < -0.4 is 0 Å². The molecule has 3 aliphatic rings. The molecule has 0 amide bonds. The summed E-state index contributed by atoms with van der Waals surface area (Å²) in [4.78, 5) is 29.1. The predicted molar refractivity (Wildman–Crippen MR) is 108 cm³/mol. The van der Waals surface area contributed by atoms with Crippen molar-refractivity contribution < 1.29 is 4.79 Å². The number of carbonyl (C=O) groups excluding carboxylic acids is 1. The second kappa shape index (κ2) is 6.83. The monoisotopic (exact) mass is 348 g/mol. The van der Waals surface area contributed by atoms with Gasteiger partial charge in [-0.15, -0.1) is 0 Å². The SMILES string of the molecule is C/N=C(/C)C(=C(C)C)C1=C2N=C(N(C)C)N=C2C2=CC=CC=CC2C1=O. The van der Waals surface area contributed by atoms with Crippen LogP contribution in [0.2, 0.25) is 0 Å². The van der Waals surface area contributed by atoms with E-state index in [1.165, 1.54) is 0 Å². The molecule has 0 radical (unpaired) electrons. The molecule has 134 valence electrons. The van der Waals surface area contributed by atoms with Crippen molar-refractivity contribution in [2.75, 3.05) is 21.1 Å². The lowest BCUT2D eigenvalue weighted by Gasteiger charge is -2.26. The summed E-state index contributed by atoms with van der Waals surface area (Å²) >= 11 is 0. The van der Waals surface area contributed by atoms with Crippen molar-refractivity contribution in [1.82, 2.24) is 4.90 Å². The molecule has 0 saturated carbocycles. The Morgan fingerprint density at radius 2 is 1.85 bits per heavy atom. The zero-order chi connectivity index (χ0) is 19.0. The van der Waals surface area contributed by atoms with Gasteiger partial charge in [-0.3, -0.25) is 9.79 Å². The van der Waals surface area contributed by atoms with Crippen molar-refractivity contribution in [3.63, 3.8) is 0 Å². The maximum atomic E-state index is 13.5. The number of allylic oxidation sites excluding steroid dienone is 9. The van der Waals surface area contributed by atoms with E-state index in [1.54, 1.807) is 7.05 Å². The third kappa shape index (κ3) is 2.83. The van der Waals surface area contributed by atoms with Crippen molar-refractivity contribution >= 4 is 23.2 Å². The number of nitrogens with zero attached hydrogens (tertiary/aromatic N) is 4. The Morgan fingerprint density at radius 1 is 1.12 bits per heavy atom. The Balaban J connectivity index is 2.35. The first-order valence-electron chi connectivity index (χ1n) is 8.67. The number of carbonyl (C=O) groups is 1. The van der Waals surface area contributed by atoms with Crippen LogP contribution in [0.4, 0.5) is 0 Å². The summed E-state index contributed by atoms with van der Waals surface area (Å²) in [6.45, 7) is 5.94. The van der Waals surface area contributed by atoms with E-state index in [1.807, 2.05) is 70.1 Å². The number of fused-ring (bicyclic) bond motifs is 3. The van der Waals surface area contributed by atoms with Crippen LogP contribution in [0.3, 0.4) is 0 Å². The zero-order valence-corrected chi connectivity index (χ0v) is 16.2. The summed E-state index contributed by atoms with van der Waals surface area (Å²) in [6, 6.07) is 0. The second-order valence-electron chi connectivity index (χ2n) is 6.91. The van der Waals surface area contributed by atoms with Crippen LogP contribution in [-0.4, -0.2) is 49.2 Å². The van der Waals surface area contributed by atoms with Gasteiger partial charge in [-0.25, -0.2) is 9.98 Å². The van der Waals surface area contributed by atoms with E-state index in [0.717, 1.165) is 28.1 Å². The molecule has 0 aromatic carbocycles. The third-order valence-electron chi connectivity index (χ3n) is 4.67. The molecule has 2 aliphatic carbocycles. The first-order chi connectivity index (χ1) is 12.4. The highest BCUT2D eigenvalue weighted by Gasteiger charge is 2.41. The maximum absolute atomic E-state index is 13.5. The van der Waals surface area contributed by atoms with E-state index in [9.17, 15) is 4.79 Å². The molecule has 0 fully saturated rings. The normalized spacial score (nSPS) is 21.6. The minimum atomic E-state index is -0.349. The van der Waals surface area contributed by atoms with Gasteiger partial charge in [0.25, 0.3) is 0 Å². The molecule has 0 aromatic rings. The number of ketones is 1. The summed E-state index contributed by atoms with van der Waals surface area (Å²) < 4.78 is 0. The van der Waals surface area contributed by atoms with E-state index in [2.05, 4.69) is 4.99 Å². The molecule has 0 N–H and O–H groups in total. The van der Waals surface area contributed by atoms with Crippen LogP contribution in [0.15, 0.2) is 73.3 Å². The molecule has 5 nitrogen and oxygen atoms in total. The van der Waals surface area contributed by atoms with Gasteiger partial charge in [-0.05, 0) is 26.3 Å². The Bertz CT molecular complexity index is 914. The molecular weight excluding hydrogens is 324 g/mol. The maximum Gasteiger partial charge on any atom is 0.226 e. The number of hydrogen-bond acceptors (Lipinski definition) is 5. The number of aliphatic imine (C=N–C) groups is 3. The van der Waals surface area contributed by atoms with Crippen molar-refractivity contribution in [2.24, 2.45) is 20.9 Å². The average Bonchev–Trinajstić information content (AvgIpc) is 2.88. The second-order valence-corrected chi connectivity index (χ2v) is 6.91. The zero-order valence-electron chi connectivity index (χ0n) is 16.2. The third-order valence-corrected chi connectivity index (χ3v) is 4.67. The standard InChI is InChI=1S/C21H24N4O/c1-12(2)16(13(3)22-4)17-19-18(23-21(24-19)25(5)6)14-10-8-7-9-11-15(14)20(17)26/h7-11,15H,1-6H3/b22-13-. The highest BCUT2D eigenvalue weighted by Crippen LogP contribution is 2.38. The lowest BCUT2D eigenvalue weighted by Crippen LogP contribution is -2.31. The molecule has 1 unspecified atom stereocenters. The fraction of sp³-hybridized carbons (Fsp3) is 0.333. The molecule has 5 heteroatoms. The highest BCUT2D eigenvalue weighted by molar-refractivity contribution is 6.32. The molecule has 3 rings (SSSR count). The molecule has 0 bridgehead atoms. The molecule has 26 heavy (non-hydrogen) atoms. The molecule has 1 heterocycles. The fourth-order valence-corrected chi connectivity index (χ4v) is 3.39. The van der Waals surface area contributed by atoms with Gasteiger partial charge in [0.05, 0.1) is 17.2 Å². The summed E-state index contributed by atoms with van der Waals surface area (Å²) in [5, 5.41) is 0. The number of rotatable bonds is 2. The van der Waals surface area contributed by atoms with E-state index in [-0.39, 0.29) is 11.7 Å². The summed E-state index contributed by atoms with van der Waals surface area (Å²) in [5.41, 5.74) is 5.71. The minimum Gasteiger partial charge on any atom is -0.347 e. The van der Waals surface area contributed by atoms with Crippen LogP contribution in [0.5, 0.6) is 0 Å². The number of guanidine groups is 1. The molecule has 1 atom stereocenters. The quantitative estimate of drug-likeness (QED) is 0.719. The lowest BCUT2D eigenvalue weighted by molar-refractivity contribution is -0.116. The van der Waals surface area contributed by atoms with Crippen molar-refractivity contribution in [3.05, 3.63) is 58.4 Å². The van der Waals surface area contributed by atoms with E-state index in [0.29, 0.717) is 17.2 Å². The first kappa shape index (κ1) is 18.0. The van der Waals surface area contributed by atoms with Crippen LogP contribution >= 0.6 is 0 Å². The summed E-state index contributed by atoms with van der Waals surface area (Å²) in [6.07, 6.45) is 9.70. The Labute approximate surface area is 154 Å². The topological polar surface area (TPSA) is 57.4 Å². The van der Waals surface area contributed by atoms with Crippen LogP contribution in [0.25, 0.3) is 0 Å². The first-order valence-corrected chi connectivity index (χ1v) is 8.67. The Hall–Kier alpha value is -2.82. The predicted octanol–water partition coefficient (Wildman–Crippen LogP) is 3.29. The van der Waals surface area contributed by atoms with Crippen LogP contribution in [0.1, 0.15) is 20.8 Å². The lowest BCUT2D eigenvalue weighted by atomic mass is 9.76. The molecule has 1 aliphatic heterocycles.